The Hall–Kier alpha value is -5.86. The van der Waals surface area contributed by atoms with Crippen LogP contribution in [0.5, 0.6) is 0 Å². The lowest BCUT2D eigenvalue weighted by Crippen LogP contribution is -2.19. The van der Waals surface area contributed by atoms with E-state index in [1.54, 1.807) is 0 Å². The molecular weight excluding hydrogens is 569 g/mol. The Bertz CT molecular complexity index is 2260. The third-order valence-corrected chi connectivity index (χ3v) is 9.46. The molecule has 0 aliphatic rings. The highest BCUT2D eigenvalue weighted by Crippen LogP contribution is 2.41. The van der Waals surface area contributed by atoms with E-state index in [2.05, 4.69) is 205 Å². The number of hydrogen-bond acceptors (Lipinski definition) is 1. The van der Waals surface area contributed by atoms with Gasteiger partial charge in [-0.3, -0.25) is 0 Å². The second kappa shape index (κ2) is 11.8. The van der Waals surface area contributed by atoms with Gasteiger partial charge in [-0.1, -0.05) is 129 Å². The van der Waals surface area contributed by atoms with Crippen LogP contribution in [0.25, 0.3) is 38.6 Å². The van der Waals surface area contributed by atoms with Crippen molar-refractivity contribution in [2.45, 2.75) is 19.3 Å². The van der Waals surface area contributed by atoms with E-state index < -0.39 is 0 Å². The maximum atomic E-state index is 2.43. The van der Waals surface area contributed by atoms with Gasteiger partial charge in [-0.25, -0.2) is 0 Å². The number of para-hydroxylation sites is 2. The van der Waals surface area contributed by atoms with Crippen molar-refractivity contribution in [2.75, 3.05) is 4.90 Å². The fourth-order valence-corrected chi connectivity index (χ4v) is 6.90. The topological polar surface area (TPSA) is 8.17 Å². The van der Waals surface area contributed by atoms with Gasteiger partial charge in [-0.2, -0.15) is 0 Å². The van der Waals surface area contributed by atoms with Gasteiger partial charge >= 0.3 is 0 Å². The maximum absolute atomic E-state index is 2.43. The van der Waals surface area contributed by atoms with Crippen molar-refractivity contribution in [3.8, 4) is 16.8 Å². The smallest absolute Gasteiger partial charge is 0.0542 e. The molecule has 0 radical (unpaired) electrons. The minimum Gasteiger partial charge on any atom is -0.310 e. The second-order valence-corrected chi connectivity index (χ2v) is 12.7. The van der Waals surface area contributed by atoms with Crippen LogP contribution in [-0.2, 0) is 5.41 Å². The van der Waals surface area contributed by atoms with E-state index in [1.165, 1.54) is 44.1 Å². The van der Waals surface area contributed by atoms with E-state index in [0.29, 0.717) is 0 Å². The van der Waals surface area contributed by atoms with E-state index >= 15 is 0 Å². The zero-order valence-electron chi connectivity index (χ0n) is 26.7. The average molecular weight is 605 g/mol. The van der Waals surface area contributed by atoms with Crippen molar-refractivity contribution in [1.82, 2.24) is 4.57 Å². The summed E-state index contributed by atoms with van der Waals surface area (Å²) in [7, 11) is 0. The number of benzene rings is 7. The predicted molar refractivity (Wildman–Crippen MR) is 199 cm³/mol. The number of anilines is 3. The standard InChI is InChI=1S/C45H36N2/c1-45(2,35-18-9-4-10-19-35)36-20-15-25-39(31-36)47-43-28-26-34(33-16-7-3-8-17-33)30-41(43)42-32-40(27-29-44(42)47)46(37-21-11-5-12-22-37)38-23-13-6-14-24-38/h3-32H,1-2H3. The predicted octanol–water partition coefficient (Wildman–Crippen LogP) is 12.2. The van der Waals surface area contributed by atoms with E-state index in [1.807, 2.05) is 0 Å². The molecule has 0 atom stereocenters. The Morgan fingerprint density at radius 3 is 1.57 bits per heavy atom. The number of hydrogen-bond donors (Lipinski definition) is 0. The Labute approximate surface area is 276 Å². The molecule has 8 aromatic rings. The van der Waals surface area contributed by atoms with E-state index in [9.17, 15) is 0 Å². The molecule has 226 valence electrons. The highest BCUT2D eigenvalue weighted by molar-refractivity contribution is 6.11. The molecule has 0 amide bonds. The van der Waals surface area contributed by atoms with Gasteiger partial charge in [-0.05, 0) is 89.0 Å². The van der Waals surface area contributed by atoms with Crippen molar-refractivity contribution in [1.29, 1.82) is 0 Å². The zero-order valence-corrected chi connectivity index (χ0v) is 26.7. The van der Waals surface area contributed by atoms with E-state index in [4.69, 9.17) is 0 Å². The molecule has 2 heteroatoms. The minimum absolute atomic E-state index is 0.143. The van der Waals surface area contributed by atoms with Crippen molar-refractivity contribution >= 4 is 38.9 Å². The number of aromatic nitrogens is 1. The lowest BCUT2D eigenvalue weighted by Gasteiger charge is -2.27. The molecule has 0 N–H and O–H groups in total. The maximum Gasteiger partial charge on any atom is 0.0542 e. The monoisotopic (exact) mass is 604 g/mol. The Kier molecular flexibility index (Phi) is 7.19. The number of rotatable bonds is 7. The van der Waals surface area contributed by atoms with Gasteiger partial charge in [0.05, 0.1) is 11.0 Å². The lowest BCUT2D eigenvalue weighted by atomic mass is 9.78. The largest absolute Gasteiger partial charge is 0.310 e. The lowest BCUT2D eigenvalue weighted by molar-refractivity contribution is 0.640. The van der Waals surface area contributed by atoms with Crippen molar-refractivity contribution in [2.24, 2.45) is 0 Å². The highest BCUT2D eigenvalue weighted by atomic mass is 15.1. The highest BCUT2D eigenvalue weighted by Gasteiger charge is 2.24. The van der Waals surface area contributed by atoms with E-state index in [-0.39, 0.29) is 5.41 Å². The molecule has 0 saturated heterocycles. The molecule has 7 aromatic carbocycles. The van der Waals surface area contributed by atoms with Crippen LogP contribution in [0.1, 0.15) is 25.0 Å². The van der Waals surface area contributed by atoms with E-state index in [0.717, 1.165) is 22.7 Å². The van der Waals surface area contributed by atoms with Crippen LogP contribution in [0.15, 0.2) is 182 Å². The first-order valence-corrected chi connectivity index (χ1v) is 16.3. The molecule has 2 nitrogen and oxygen atoms in total. The molecule has 0 fully saturated rings. The summed E-state index contributed by atoms with van der Waals surface area (Å²) in [6.45, 7) is 4.63. The number of nitrogens with zero attached hydrogens (tertiary/aromatic N) is 2. The van der Waals surface area contributed by atoms with Crippen LogP contribution in [0.4, 0.5) is 17.1 Å². The average Bonchev–Trinajstić information content (AvgIpc) is 3.46. The van der Waals surface area contributed by atoms with Gasteiger partial charge in [0.1, 0.15) is 0 Å². The molecule has 1 aromatic heterocycles. The molecule has 0 spiro atoms. The van der Waals surface area contributed by atoms with Crippen molar-refractivity contribution in [3.63, 3.8) is 0 Å². The molecule has 0 aliphatic heterocycles. The zero-order chi connectivity index (χ0) is 31.8. The Morgan fingerprint density at radius 2 is 0.936 bits per heavy atom. The fourth-order valence-electron chi connectivity index (χ4n) is 6.90. The van der Waals surface area contributed by atoms with Crippen molar-refractivity contribution in [3.05, 3.63) is 193 Å². The summed E-state index contributed by atoms with van der Waals surface area (Å²) in [6, 6.07) is 65.6. The molecule has 8 rings (SSSR count). The van der Waals surface area contributed by atoms with Gasteiger partial charge in [0, 0.05) is 38.9 Å². The van der Waals surface area contributed by atoms with Gasteiger partial charge in [0.25, 0.3) is 0 Å². The second-order valence-electron chi connectivity index (χ2n) is 12.7. The van der Waals surface area contributed by atoms with Gasteiger partial charge < -0.3 is 9.47 Å². The van der Waals surface area contributed by atoms with Crippen LogP contribution in [0.2, 0.25) is 0 Å². The molecule has 0 aliphatic carbocycles. The summed E-state index contributed by atoms with van der Waals surface area (Å²) in [5.41, 5.74) is 11.8. The summed E-state index contributed by atoms with van der Waals surface area (Å²) in [5, 5.41) is 2.46. The van der Waals surface area contributed by atoms with Gasteiger partial charge in [-0.15, -0.1) is 0 Å². The SMILES string of the molecule is CC(C)(c1ccccc1)c1cccc(-n2c3ccc(-c4ccccc4)cc3c3cc(N(c4ccccc4)c4ccccc4)ccc32)c1. The molecule has 47 heavy (non-hydrogen) atoms. The first-order chi connectivity index (χ1) is 23.1. The molecule has 1 heterocycles. The molecule has 0 bridgehead atoms. The third-order valence-electron chi connectivity index (χ3n) is 9.46. The normalized spacial score (nSPS) is 11.6. The molecular formula is C45H36N2. The van der Waals surface area contributed by atoms with Crippen LogP contribution in [0.3, 0.4) is 0 Å². The quantitative estimate of drug-likeness (QED) is 0.176. The summed E-state index contributed by atoms with van der Waals surface area (Å²) in [4.78, 5) is 2.34. The van der Waals surface area contributed by atoms with Gasteiger partial charge in [0.2, 0.25) is 0 Å². The Morgan fingerprint density at radius 1 is 0.404 bits per heavy atom. The summed E-state index contributed by atoms with van der Waals surface area (Å²) < 4.78 is 2.43. The van der Waals surface area contributed by atoms with Crippen LogP contribution in [0, 0.1) is 0 Å². The Balaban J connectivity index is 1.36. The minimum atomic E-state index is -0.143. The summed E-state index contributed by atoms with van der Waals surface area (Å²) >= 11 is 0. The van der Waals surface area contributed by atoms with Crippen molar-refractivity contribution < 1.29 is 0 Å². The fraction of sp³-hybridized carbons (Fsp3) is 0.0667. The summed E-state index contributed by atoms with van der Waals surface area (Å²) in [6.07, 6.45) is 0. The molecule has 0 saturated carbocycles. The first-order valence-electron chi connectivity index (χ1n) is 16.3. The van der Waals surface area contributed by atoms with Crippen LogP contribution in [-0.4, -0.2) is 4.57 Å². The van der Waals surface area contributed by atoms with Gasteiger partial charge in [0.15, 0.2) is 0 Å². The molecule has 0 unspecified atom stereocenters. The number of fused-ring (bicyclic) bond motifs is 3. The van der Waals surface area contributed by atoms with Crippen LogP contribution < -0.4 is 4.90 Å². The summed E-state index contributed by atoms with van der Waals surface area (Å²) in [5.74, 6) is 0. The van der Waals surface area contributed by atoms with Crippen LogP contribution >= 0.6 is 0 Å². The first kappa shape index (κ1) is 28.6. The third kappa shape index (κ3) is 5.18.